The van der Waals surface area contributed by atoms with Crippen LogP contribution in [0.5, 0.6) is 0 Å². The van der Waals surface area contributed by atoms with E-state index in [4.69, 9.17) is 18.9 Å². The molecule has 0 bridgehead atoms. The van der Waals surface area contributed by atoms with Gasteiger partial charge in [-0.2, -0.15) is 0 Å². The van der Waals surface area contributed by atoms with Crippen molar-refractivity contribution in [3.63, 3.8) is 0 Å². The molecule has 5 heteroatoms. The van der Waals surface area contributed by atoms with E-state index in [1.54, 1.807) is 0 Å². The molecule has 9 atom stereocenters. The Balaban J connectivity index is 1.73. The Morgan fingerprint density at radius 3 is 2.69 bits per heavy atom. The third-order valence-electron chi connectivity index (χ3n) is 8.91. The zero-order chi connectivity index (χ0) is 18.5. The summed E-state index contributed by atoms with van der Waals surface area (Å²) in [4.78, 5) is 11.5. The molecule has 0 radical (unpaired) electrons. The minimum atomic E-state index is -0.369. The molecule has 26 heavy (non-hydrogen) atoms. The molecule has 0 aromatic carbocycles. The molecule has 0 aromatic rings. The summed E-state index contributed by atoms with van der Waals surface area (Å²) in [6.07, 6.45) is 2.69. The maximum Gasteiger partial charge on any atom is 0.293 e. The van der Waals surface area contributed by atoms with E-state index in [0.29, 0.717) is 24.2 Å². The van der Waals surface area contributed by atoms with Gasteiger partial charge < -0.3 is 18.9 Å². The summed E-state index contributed by atoms with van der Waals surface area (Å²) >= 11 is 0. The van der Waals surface area contributed by atoms with Crippen LogP contribution in [0.15, 0.2) is 0 Å². The van der Waals surface area contributed by atoms with Crippen molar-refractivity contribution in [3.8, 4) is 0 Å². The van der Waals surface area contributed by atoms with Gasteiger partial charge >= 0.3 is 0 Å². The number of carbonyl (C=O) groups is 1. The first kappa shape index (κ1) is 17.4. The van der Waals surface area contributed by atoms with Crippen molar-refractivity contribution >= 4 is 6.47 Å². The van der Waals surface area contributed by atoms with Crippen molar-refractivity contribution in [3.05, 3.63) is 0 Å². The lowest BCUT2D eigenvalue weighted by Crippen LogP contribution is -2.55. The highest BCUT2D eigenvalue weighted by molar-refractivity contribution is 5.40. The van der Waals surface area contributed by atoms with Gasteiger partial charge in [0.1, 0.15) is 6.10 Å². The van der Waals surface area contributed by atoms with E-state index in [-0.39, 0.29) is 40.3 Å². The smallest absolute Gasteiger partial charge is 0.293 e. The Labute approximate surface area is 156 Å². The van der Waals surface area contributed by atoms with Crippen LogP contribution >= 0.6 is 0 Å². The molecule has 2 spiro atoms. The molecule has 2 aliphatic carbocycles. The Hall–Kier alpha value is -0.650. The van der Waals surface area contributed by atoms with E-state index in [1.807, 2.05) is 0 Å². The predicted octanol–water partition coefficient (Wildman–Crippen LogP) is 3.16. The van der Waals surface area contributed by atoms with Gasteiger partial charge in [0.15, 0.2) is 6.29 Å². The molecule has 0 aromatic heterocycles. The van der Waals surface area contributed by atoms with Crippen molar-refractivity contribution in [2.75, 3.05) is 13.2 Å². The summed E-state index contributed by atoms with van der Waals surface area (Å²) in [6, 6.07) is 0. The number of hydrogen-bond acceptors (Lipinski definition) is 5. The second kappa shape index (κ2) is 5.03. The minimum absolute atomic E-state index is 0.0960. The molecular weight excluding hydrogens is 332 g/mol. The Kier molecular flexibility index (Phi) is 3.38. The van der Waals surface area contributed by atoms with Crippen LogP contribution < -0.4 is 0 Å². The Morgan fingerprint density at radius 2 is 2.00 bits per heavy atom. The molecular formula is C21H32O5. The van der Waals surface area contributed by atoms with Crippen LogP contribution in [0.25, 0.3) is 0 Å². The molecule has 0 N–H and O–H groups in total. The van der Waals surface area contributed by atoms with Gasteiger partial charge in [-0.05, 0) is 43.4 Å². The molecule has 6 unspecified atom stereocenters. The first-order valence-electron chi connectivity index (χ1n) is 10.2. The summed E-state index contributed by atoms with van der Waals surface area (Å²) in [5.74, 6) is 1.18. The van der Waals surface area contributed by atoms with Crippen LogP contribution in [0.1, 0.15) is 53.9 Å². The van der Waals surface area contributed by atoms with E-state index < -0.39 is 0 Å². The molecule has 0 amide bonds. The van der Waals surface area contributed by atoms with E-state index >= 15 is 0 Å². The largest absolute Gasteiger partial charge is 0.464 e. The number of fused-ring (bicyclic) bond motifs is 2. The topological polar surface area (TPSA) is 54.0 Å². The van der Waals surface area contributed by atoms with Crippen molar-refractivity contribution in [1.29, 1.82) is 0 Å². The zero-order valence-corrected chi connectivity index (χ0v) is 16.6. The van der Waals surface area contributed by atoms with Crippen molar-refractivity contribution in [1.82, 2.24) is 0 Å². The third-order valence-corrected chi connectivity index (χ3v) is 8.91. The average molecular weight is 364 g/mol. The van der Waals surface area contributed by atoms with Crippen LogP contribution in [0.2, 0.25) is 0 Å². The first-order valence-corrected chi connectivity index (χ1v) is 10.2. The maximum atomic E-state index is 11.5. The van der Waals surface area contributed by atoms with Gasteiger partial charge in [-0.3, -0.25) is 4.79 Å². The maximum absolute atomic E-state index is 11.5. The Morgan fingerprint density at radius 1 is 1.23 bits per heavy atom. The van der Waals surface area contributed by atoms with Crippen molar-refractivity contribution in [2.45, 2.75) is 78.0 Å². The predicted molar refractivity (Wildman–Crippen MR) is 94.2 cm³/mol. The lowest BCUT2D eigenvalue weighted by atomic mass is 9.52. The van der Waals surface area contributed by atoms with E-state index in [2.05, 4.69) is 34.6 Å². The fourth-order valence-electron chi connectivity index (χ4n) is 8.37. The average Bonchev–Trinajstić information content (AvgIpc) is 3.26. The van der Waals surface area contributed by atoms with Gasteiger partial charge in [-0.25, -0.2) is 0 Å². The molecule has 5 nitrogen and oxygen atoms in total. The monoisotopic (exact) mass is 364 g/mol. The van der Waals surface area contributed by atoms with Gasteiger partial charge in [0, 0.05) is 23.4 Å². The highest BCUT2D eigenvalue weighted by Crippen LogP contribution is 2.81. The quantitative estimate of drug-likeness (QED) is 0.705. The molecule has 5 aliphatic rings. The number of hydrogen-bond donors (Lipinski definition) is 0. The van der Waals surface area contributed by atoms with Crippen LogP contribution in [-0.2, 0) is 23.7 Å². The summed E-state index contributed by atoms with van der Waals surface area (Å²) in [5.41, 5.74) is -0.587. The molecule has 2 saturated carbocycles. The summed E-state index contributed by atoms with van der Waals surface area (Å²) in [7, 11) is 0. The minimum Gasteiger partial charge on any atom is -0.464 e. The molecule has 5 fully saturated rings. The van der Waals surface area contributed by atoms with Crippen molar-refractivity contribution < 1.29 is 23.7 Å². The second-order valence-corrected chi connectivity index (χ2v) is 10.6. The van der Waals surface area contributed by atoms with Crippen molar-refractivity contribution in [2.24, 2.45) is 34.0 Å². The van der Waals surface area contributed by atoms with Crippen LogP contribution in [-0.4, -0.2) is 43.8 Å². The lowest BCUT2D eigenvalue weighted by molar-refractivity contribution is -0.197. The summed E-state index contributed by atoms with van der Waals surface area (Å²) in [5, 5.41) is 0. The highest BCUT2D eigenvalue weighted by atomic mass is 16.7. The van der Waals surface area contributed by atoms with Crippen LogP contribution in [0.4, 0.5) is 0 Å². The molecule has 3 aliphatic heterocycles. The van der Waals surface area contributed by atoms with Gasteiger partial charge in [-0.15, -0.1) is 0 Å². The van der Waals surface area contributed by atoms with Gasteiger partial charge in [0.25, 0.3) is 6.47 Å². The molecule has 5 rings (SSSR count). The molecule has 3 heterocycles. The van der Waals surface area contributed by atoms with Gasteiger partial charge in [0.05, 0.1) is 18.3 Å². The fraction of sp³-hybridized carbons (Fsp3) is 0.952. The van der Waals surface area contributed by atoms with Gasteiger partial charge in [0.2, 0.25) is 0 Å². The highest BCUT2D eigenvalue weighted by Gasteiger charge is 2.87. The summed E-state index contributed by atoms with van der Waals surface area (Å²) in [6.45, 7) is 13.6. The SMILES string of the molecule is C[C@@H]1COC2CC34C(OC=O)C[C@@H](C(C)(C)C)C35CCOC5OC4(C)[C@H]21. The molecule has 146 valence electrons. The van der Waals surface area contributed by atoms with E-state index in [9.17, 15) is 4.79 Å². The van der Waals surface area contributed by atoms with Gasteiger partial charge in [-0.1, -0.05) is 27.7 Å². The van der Waals surface area contributed by atoms with Crippen LogP contribution in [0, 0.1) is 34.0 Å². The normalized spacial score (nSPS) is 57.6. The third kappa shape index (κ3) is 1.64. The number of ether oxygens (including phenoxy) is 4. The number of rotatable bonds is 2. The number of carbonyl (C=O) groups excluding carboxylic acids is 1. The zero-order valence-electron chi connectivity index (χ0n) is 16.6. The first-order chi connectivity index (χ1) is 12.2. The fourth-order valence-corrected chi connectivity index (χ4v) is 8.37. The Bertz CT molecular complexity index is 628. The summed E-state index contributed by atoms with van der Waals surface area (Å²) < 4.78 is 25.1. The standard InChI is InChI=1S/C21H32O5/c1-12-10-24-13-9-21-15(25-11-22)8-14(18(2,3)4)20(21)6-7-23-17(20)26-19(21,5)16(12)13/h11-17H,6-10H2,1-5H3/t12-,13?,14+,15?,16+,17?,19?,20?,21?/m1/s1. The lowest BCUT2D eigenvalue weighted by Gasteiger charge is -2.49. The van der Waals surface area contributed by atoms with Crippen LogP contribution in [0.3, 0.4) is 0 Å². The second-order valence-electron chi connectivity index (χ2n) is 10.6. The van der Waals surface area contributed by atoms with E-state index in [1.165, 1.54) is 0 Å². The molecule has 3 saturated heterocycles. The van der Waals surface area contributed by atoms with E-state index in [0.717, 1.165) is 32.5 Å².